The minimum absolute atomic E-state index is 0.117. The Hall–Kier alpha value is -1.96. The van der Waals surface area contributed by atoms with Gasteiger partial charge in [0.05, 0.1) is 18.5 Å². The molecule has 28 heavy (non-hydrogen) atoms. The topological polar surface area (TPSA) is 106 Å². The van der Waals surface area contributed by atoms with E-state index in [1.54, 1.807) is 0 Å². The number of Topliss-reactive ketones (excluding diaryl/α,β-unsaturated/α-hetero) is 1. The van der Waals surface area contributed by atoms with Gasteiger partial charge in [0, 0.05) is 6.04 Å². The van der Waals surface area contributed by atoms with E-state index in [1.165, 1.54) is 4.68 Å². The van der Waals surface area contributed by atoms with Gasteiger partial charge in [0.1, 0.15) is 0 Å². The van der Waals surface area contributed by atoms with E-state index >= 15 is 0 Å². The number of rotatable bonds is 9. The highest BCUT2D eigenvalue weighted by molar-refractivity contribution is 5.98. The van der Waals surface area contributed by atoms with Crippen LogP contribution in [0, 0.1) is 17.8 Å². The van der Waals surface area contributed by atoms with Crippen molar-refractivity contribution in [2.45, 2.75) is 78.4 Å². The first-order chi connectivity index (χ1) is 13.2. The Kier molecular flexibility index (Phi) is 7.98. The highest BCUT2D eigenvalue weighted by atomic mass is 16.4. The standard InChI is InChI=1S/C20H34N4O4/c1-12(2)10-16(22-18(26)14-8-6-7-9-15(14)21-5)17(25)19-23-24(11-13(3)4)20(27)28-19/h12-16,21H,6-11H2,1-5H3,(H,22,26)/t14-,15+,16+/m1/s1. The van der Waals surface area contributed by atoms with Gasteiger partial charge < -0.3 is 15.1 Å². The number of nitrogens with zero attached hydrogens (tertiary/aromatic N) is 2. The summed E-state index contributed by atoms with van der Waals surface area (Å²) in [6.07, 6.45) is 4.32. The molecule has 1 aliphatic carbocycles. The van der Waals surface area contributed by atoms with Crippen molar-refractivity contribution in [1.29, 1.82) is 0 Å². The fourth-order valence-electron chi connectivity index (χ4n) is 3.79. The van der Waals surface area contributed by atoms with Crippen LogP contribution in [-0.2, 0) is 11.3 Å². The summed E-state index contributed by atoms with van der Waals surface area (Å²) in [7, 11) is 1.86. The van der Waals surface area contributed by atoms with Gasteiger partial charge in [-0.2, -0.15) is 4.68 Å². The van der Waals surface area contributed by atoms with E-state index in [4.69, 9.17) is 4.42 Å². The molecular weight excluding hydrogens is 360 g/mol. The number of aromatic nitrogens is 2. The van der Waals surface area contributed by atoms with Crippen molar-refractivity contribution in [3.8, 4) is 0 Å². The predicted molar refractivity (Wildman–Crippen MR) is 106 cm³/mol. The van der Waals surface area contributed by atoms with Crippen LogP contribution in [0.5, 0.6) is 0 Å². The second-order valence-corrected chi connectivity index (χ2v) is 8.59. The van der Waals surface area contributed by atoms with Crippen molar-refractivity contribution in [1.82, 2.24) is 20.4 Å². The Bertz CT molecular complexity index is 722. The fraction of sp³-hybridized carbons (Fsp3) is 0.800. The number of hydrogen-bond donors (Lipinski definition) is 2. The Labute approximate surface area is 166 Å². The fourth-order valence-corrected chi connectivity index (χ4v) is 3.79. The van der Waals surface area contributed by atoms with Crippen LogP contribution in [0.4, 0.5) is 0 Å². The van der Waals surface area contributed by atoms with Gasteiger partial charge in [-0.3, -0.25) is 9.59 Å². The van der Waals surface area contributed by atoms with E-state index in [1.807, 2.05) is 34.7 Å². The number of nitrogens with one attached hydrogen (secondary N) is 2. The molecular formula is C20H34N4O4. The molecule has 8 nitrogen and oxygen atoms in total. The summed E-state index contributed by atoms with van der Waals surface area (Å²) in [4.78, 5) is 37.8. The Balaban J connectivity index is 2.17. The van der Waals surface area contributed by atoms with Crippen LogP contribution < -0.4 is 16.4 Å². The first kappa shape index (κ1) is 22.3. The van der Waals surface area contributed by atoms with Crippen LogP contribution in [0.15, 0.2) is 9.21 Å². The molecule has 0 radical (unpaired) electrons. The first-order valence-corrected chi connectivity index (χ1v) is 10.3. The van der Waals surface area contributed by atoms with E-state index < -0.39 is 17.6 Å². The van der Waals surface area contributed by atoms with Gasteiger partial charge in [0.15, 0.2) is 0 Å². The maximum atomic E-state index is 13.0. The first-order valence-electron chi connectivity index (χ1n) is 10.3. The molecule has 1 amide bonds. The number of amides is 1. The lowest BCUT2D eigenvalue weighted by molar-refractivity contribution is -0.127. The van der Waals surface area contributed by atoms with Crippen molar-refractivity contribution in [3.63, 3.8) is 0 Å². The third kappa shape index (κ3) is 5.77. The lowest BCUT2D eigenvalue weighted by atomic mass is 9.83. The second-order valence-electron chi connectivity index (χ2n) is 8.59. The largest absolute Gasteiger partial charge is 0.437 e. The summed E-state index contributed by atoms with van der Waals surface area (Å²) in [5.41, 5.74) is 0. The summed E-state index contributed by atoms with van der Waals surface area (Å²) >= 11 is 0. The summed E-state index contributed by atoms with van der Waals surface area (Å²) in [6, 6.07) is -0.635. The summed E-state index contributed by atoms with van der Waals surface area (Å²) < 4.78 is 6.26. The third-order valence-corrected chi connectivity index (χ3v) is 5.17. The van der Waals surface area contributed by atoms with Crippen molar-refractivity contribution >= 4 is 11.7 Å². The molecule has 1 aromatic rings. The molecule has 0 unspecified atom stereocenters. The zero-order valence-corrected chi connectivity index (χ0v) is 17.7. The maximum absolute atomic E-state index is 13.0. The summed E-state index contributed by atoms with van der Waals surface area (Å²) in [5.74, 6) is -1.22. The quantitative estimate of drug-likeness (QED) is 0.621. The highest BCUT2D eigenvalue weighted by Crippen LogP contribution is 2.25. The van der Waals surface area contributed by atoms with Gasteiger partial charge in [-0.15, -0.1) is 5.10 Å². The normalized spacial score (nSPS) is 21.1. The average molecular weight is 395 g/mol. The highest BCUT2D eigenvalue weighted by Gasteiger charge is 2.34. The van der Waals surface area contributed by atoms with E-state index in [-0.39, 0.29) is 35.6 Å². The van der Waals surface area contributed by atoms with Gasteiger partial charge in [-0.25, -0.2) is 4.79 Å². The molecule has 2 rings (SSSR count). The second kappa shape index (κ2) is 10.0. The van der Waals surface area contributed by atoms with Crippen LogP contribution >= 0.6 is 0 Å². The lowest BCUT2D eigenvalue weighted by Gasteiger charge is -2.31. The van der Waals surface area contributed by atoms with Crippen molar-refractivity contribution in [2.24, 2.45) is 17.8 Å². The number of ketones is 1. The smallest absolute Gasteiger partial charge is 0.384 e. The molecule has 0 aliphatic heterocycles. The van der Waals surface area contributed by atoms with Crippen LogP contribution in [0.3, 0.4) is 0 Å². The van der Waals surface area contributed by atoms with Gasteiger partial charge in [0.25, 0.3) is 5.89 Å². The van der Waals surface area contributed by atoms with Gasteiger partial charge in [-0.05, 0) is 38.1 Å². The van der Waals surface area contributed by atoms with Gasteiger partial charge >= 0.3 is 5.76 Å². The summed E-state index contributed by atoms with van der Waals surface area (Å²) in [5, 5.41) is 10.2. The molecule has 3 atom stereocenters. The minimum atomic E-state index is -0.752. The monoisotopic (exact) mass is 394 g/mol. The Morgan fingerprint density at radius 3 is 2.46 bits per heavy atom. The molecule has 1 fully saturated rings. The van der Waals surface area contributed by atoms with Crippen LogP contribution in [-0.4, -0.2) is 40.6 Å². The molecule has 0 saturated heterocycles. The SMILES string of the molecule is CN[C@H]1CCCC[C@H]1C(=O)N[C@@H](CC(C)C)C(=O)c1nn(CC(C)C)c(=O)o1. The predicted octanol–water partition coefficient (Wildman–Crippen LogP) is 1.98. The maximum Gasteiger partial charge on any atom is 0.437 e. The van der Waals surface area contributed by atoms with Crippen molar-refractivity contribution in [3.05, 3.63) is 16.4 Å². The lowest BCUT2D eigenvalue weighted by Crippen LogP contribution is -2.50. The molecule has 1 heterocycles. The van der Waals surface area contributed by atoms with Crippen LogP contribution in [0.1, 0.15) is 70.5 Å². The summed E-state index contributed by atoms with van der Waals surface area (Å²) in [6.45, 7) is 8.25. The minimum Gasteiger partial charge on any atom is -0.384 e. The average Bonchev–Trinajstić information content (AvgIpc) is 2.99. The Morgan fingerprint density at radius 2 is 1.86 bits per heavy atom. The number of carbonyl (C=O) groups excluding carboxylic acids is 2. The molecule has 1 saturated carbocycles. The zero-order valence-electron chi connectivity index (χ0n) is 17.7. The van der Waals surface area contributed by atoms with Crippen molar-refractivity contribution in [2.75, 3.05) is 7.05 Å². The van der Waals surface area contributed by atoms with E-state index in [9.17, 15) is 14.4 Å². The molecule has 0 aromatic carbocycles. The van der Waals surface area contributed by atoms with Gasteiger partial charge in [0.2, 0.25) is 11.7 Å². The molecule has 2 N–H and O–H groups in total. The zero-order chi connectivity index (χ0) is 20.8. The van der Waals surface area contributed by atoms with Gasteiger partial charge in [-0.1, -0.05) is 40.5 Å². The molecule has 1 aromatic heterocycles. The molecule has 0 bridgehead atoms. The Morgan fingerprint density at radius 1 is 1.18 bits per heavy atom. The third-order valence-electron chi connectivity index (χ3n) is 5.17. The van der Waals surface area contributed by atoms with Crippen LogP contribution in [0.2, 0.25) is 0 Å². The van der Waals surface area contributed by atoms with Crippen molar-refractivity contribution < 1.29 is 14.0 Å². The molecule has 0 spiro atoms. The van der Waals surface area contributed by atoms with Crippen LogP contribution in [0.25, 0.3) is 0 Å². The number of hydrogen-bond acceptors (Lipinski definition) is 6. The van der Waals surface area contributed by atoms with E-state index in [0.29, 0.717) is 13.0 Å². The number of carbonyl (C=O) groups is 2. The molecule has 158 valence electrons. The molecule has 8 heteroatoms. The van der Waals surface area contributed by atoms with E-state index in [0.717, 1.165) is 25.7 Å². The van der Waals surface area contributed by atoms with E-state index in [2.05, 4.69) is 15.7 Å². The molecule has 1 aliphatic rings.